The van der Waals surface area contributed by atoms with E-state index in [4.69, 9.17) is 9.47 Å². The molecule has 0 amide bonds. The van der Waals surface area contributed by atoms with Crippen molar-refractivity contribution in [3.63, 3.8) is 0 Å². The second-order valence-electron chi connectivity index (χ2n) is 5.30. The molecule has 1 heterocycles. The summed E-state index contributed by atoms with van der Waals surface area (Å²) < 4.78 is 11.1. The van der Waals surface area contributed by atoms with Crippen LogP contribution < -0.4 is 4.74 Å². The van der Waals surface area contributed by atoms with Crippen LogP contribution in [0.2, 0.25) is 0 Å². The molecule has 1 aliphatic heterocycles. The van der Waals surface area contributed by atoms with Gasteiger partial charge in [0.15, 0.2) is 0 Å². The SMILES string of the molecule is CCCOc1ccccc1CN1CC[C@@H](COC)C1. The molecular formula is C16H25NO2. The van der Waals surface area contributed by atoms with Crippen molar-refractivity contribution >= 4 is 0 Å². The lowest BCUT2D eigenvalue weighted by atomic mass is 10.1. The molecule has 1 atom stereocenters. The van der Waals surface area contributed by atoms with E-state index in [0.717, 1.165) is 45.0 Å². The summed E-state index contributed by atoms with van der Waals surface area (Å²) in [5, 5.41) is 0. The fourth-order valence-electron chi connectivity index (χ4n) is 2.66. The van der Waals surface area contributed by atoms with Crippen molar-refractivity contribution in [1.29, 1.82) is 0 Å². The van der Waals surface area contributed by atoms with Crippen molar-refractivity contribution in [1.82, 2.24) is 4.90 Å². The van der Waals surface area contributed by atoms with Gasteiger partial charge in [0.1, 0.15) is 5.75 Å². The van der Waals surface area contributed by atoms with E-state index < -0.39 is 0 Å². The van der Waals surface area contributed by atoms with Gasteiger partial charge in [0, 0.05) is 25.8 Å². The number of para-hydroxylation sites is 1. The first kappa shape index (κ1) is 14.4. The second-order valence-corrected chi connectivity index (χ2v) is 5.30. The highest BCUT2D eigenvalue weighted by Crippen LogP contribution is 2.24. The number of hydrogen-bond acceptors (Lipinski definition) is 3. The Hall–Kier alpha value is -1.06. The highest BCUT2D eigenvalue weighted by atomic mass is 16.5. The van der Waals surface area contributed by atoms with Gasteiger partial charge in [-0.25, -0.2) is 0 Å². The fraction of sp³-hybridized carbons (Fsp3) is 0.625. The van der Waals surface area contributed by atoms with Crippen LogP contribution in [0.25, 0.3) is 0 Å². The number of ether oxygens (including phenoxy) is 2. The lowest BCUT2D eigenvalue weighted by molar-refractivity contribution is 0.152. The van der Waals surface area contributed by atoms with Crippen molar-refractivity contribution in [2.45, 2.75) is 26.3 Å². The van der Waals surface area contributed by atoms with Gasteiger partial charge in [-0.3, -0.25) is 4.90 Å². The normalized spacial score (nSPS) is 19.8. The summed E-state index contributed by atoms with van der Waals surface area (Å²) in [7, 11) is 1.79. The van der Waals surface area contributed by atoms with E-state index in [1.807, 2.05) is 6.07 Å². The van der Waals surface area contributed by atoms with Crippen LogP contribution in [0, 0.1) is 5.92 Å². The number of hydrogen-bond donors (Lipinski definition) is 0. The van der Waals surface area contributed by atoms with Crippen LogP contribution in [0.3, 0.4) is 0 Å². The van der Waals surface area contributed by atoms with Crippen LogP contribution in [0.4, 0.5) is 0 Å². The van der Waals surface area contributed by atoms with Crippen molar-refractivity contribution in [3.8, 4) is 5.75 Å². The molecule has 1 fully saturated rings. The molecule has 19 heavy (non-hydrogen) atoms. The molecule has 1 aliphatic rings. The summed E-state index contributed by atoms with van der Waals surface area (Å²) in [6.45, 7) is 7.10. The maximum absolute atomic E-state index is 5.82. The molecule has 0 aromatic heterocycles. The maximum atomic E-state index is 5.82. The molecule has 0 aliphatic carbocycles. The third-order valence-corrected chi connectivity index (χ3v) is 3.60. The van der Waals surface area contributed by atoms with Gasteiger partial charge in [-0.05, 0) is 31.4 Å². The van der Waals surface area contributed by atoms with Crippen LogP contribution in [-0.4, -0.2) is 38.3 Å². The van der Waals surface area contributed by atoms with Crippen molar-refractivity contribution in [2.75, 3.05) is 33.4 Å². The number of benzene rings is 1. The van der Waals surface area contributed by atoms with Gasteiger partial charge in [0.2, 0.25) is 0 Å². The Morgan fingerprint density at radius 2 is 2.16 bits per heavy atom. The zero-order valence-electron chi connectivity index (χ0n) is 12.1. The van der Waals surface area contributed by atoms with Crippen molar-refractivity contribution in [2.24, 2.45) is 5.92 Å². The molecule has 106 valence electrons. The minimum atomic E-state index is 0.689. The first-order valence-electron chi connectivity index (χ1n) is 7.25. The molecule has 3 heteroatoms. The third-order valence-electron chi connectivity index (χ3n) is 3.60. The van der Waals surface area contributed by atoms with Gasteiger partial charge >= 0.3 is 0 Å². The molecule has 3 nitrogen and oxygen atoms in total. The van der Waals surface area contributed by atoms with E-state index in [1.165, 1.54) is 12.0 Å². The molecule has 1 saturated heterocycles. The zero-order valence-corrected chi connectivity index (χ0v) is 12.1. The lowest BCUT2D eigenvalue weighted by Crippen LogP contribution is -2.21. The van der Waals surface area contributed by atoms with Crippen molar-refractivity contribution < 1.29 is 9.47 Å². The maximum Gasteiger partial charge on any atom is 0.123 e. The van der Waals surface area contributed by atoms with Crippen LogP contribution in [-0.2, 0) is 11.3 Å². The molecule has 0 unspecified atom stereocenters. The van der Waals surface area contributed by atoms with E-state index in [1.54, 1.807) is 7.11 Å². The summed E-state index contributed by atoms with van der Waals surface area (Å²) in [5.74, 6) is 1.73. The standard InChI is InChI=1S/C16H25NO2/c1-3-10-19-16-7-5-4-6-15(16)12-17-9-8-14(11-17)13-18-2/h4-7,14H,3,8-13H2,1-2H3/t14-/m1/s1. The smallest absolute Gasteiger partial charge is 0.123 e. The van der Waals surface area contributed by atoms with Crippen LogP contribution in [0.1, 0.15) is 25.3 Å². The summed E-state index contributed by atoms with van der Waals surface area (Å²) in [5.41, 5.74) is 1.30. The summed E-state index contributed by atoms with van der Waals surface area (Å²) in [6, 6.07) is 8.39. The molecule has 1 aromatic carbocycles. The third kappa shape index (κ3) is 4.22. The molecule has 0 radical (unpaired) electrons. The van der Waals surface area contributed by atoms with E-state index in [9.17, 15) is 0 Å². The zero-order chi connectivity index (χ0) is 13.5. The molecule has 2 rings (SSSR count). The van der Waals surface area contributed by atoms with Gasteiger partial charge < -0.3 is 9.47 Å². The average molecular weight is 263 g/mol. The molecule has 0 spiro atoms. The van der Waals surface area contributed by atoms with Crippen molar-refractivity contribution in [3.05, 3.63) is 29.8 Å². The average Bonchev–Trinajstić information content (AvgIpc) is 2.86. The highest BCUT2D eigenvalue weighted by Gasteiger charge is 2.22. The van der Waals surface area contributed by atoms with Gasteiger partial charge in [-0.15, -0.1) is 0 Å². The molecule has 0 saturated carbocycles. The Labute approximate surface area is 116 Å². The second kappa shape index (κ2) is 7.51. The summed E-state index contributed by atoms with van der Waals surface area (Å²) >= 11 is 0. The van der Waals surface area contributed by atoms with Crippen LogP contribution >= 0.6 is 0 Å². The first-order chi connectivity index (χ1) is 9.33. The topological polar surface area (TPSA) is 21.7 Å². The molecular weight excluding hydrogens is 238 g/mol. The minimum absolute atomic E-state index is 0.689. The molecule has 0 bridgehead atoms. The van der Waals surface area contributed by atoms with E-state index in [-0.39, 0.29) is 0 Å². The number of methoxy groups -OCH3 is 1. The number of nitrogens with zero attached hydrogens (tertiary/aromatic N) is 1. The molecule has 1 aromatic rings. The molecule has 0 N–H and O–H groups in total. The highest BCUT2D eigenvalue weighted by molar-refractivity contribution is 5.33. The van der Waals surface area contributed by atoms with Gasteiger partial charge in [-0.2, -0.15) is 0 Å². The lowest BCUT2D eigenvalue weighted by Gasteiger charge is -2.18. The predicted molar refractivity (Wildman–Crippen MR) is 77.5 cm³/mol. The quantitative estimate of drug-likeness (QED) is 0.755. The largest absolute Gasteiger partial charge is 0.493 e. The Balaban J connectivity index is 1.92. The van der Waals surface area contributed by atoms with Gasteiger partial charge in [0.05, 0.1) is 13.2 Å². The van der Waals surface area contributed by atoms with Crippen LogP contribution in [0.5, 0.6) is 5.75 Å². The predicted octanol–water partition coefficient (Wildman–Crippen LogP) is 2.94. The first-order valence-corrected chi connectivity index (χ1v) is 7.25. The Kier molecular flexibility index (Phi) is 5.67. The monoisotopic (exact) mass is 263 g/mol. The van der Waals surface area contributed by atoms with Crippen LogP contribution in [0.15, 0.2) is 24.3 Å². The minimum Gasteiger partial charge on any atom is -0.493 e. The Morgan fingerprint density at radius 3 is 2.95 bits per heavy atom. The van der Waals surface area contributed by atoms with Gasteiger partial charge in [-0.1, -0.05) is 25.1 Å². The summed E-state index contributed by atoms with van der Waals surface area (Å²) in [6.07, 6.45) is 2.29. The Bertz CT molecular complexity index is 381. The number of likely N-dealkylation sites (tertiary alicyclic amines) is 1. The Morgan fingerprint density at radius 1 is 1.32 bits per heavy atom. The van der Waals surface area contributed by atoms with E-state index in [0.29, 0.717) is 5.92 Å². The van der Waals surface area contributed by atoms with E-state index >= 15 is 0 Å². The van der Waals surface area contributed by atoms with Gasteiger partial charge in [0.25, 0.3) is 0 Å². The fourth-order valence-corrected chi connectivity index (χ4v) is 2.66. The number of rotatable bonds is 7. The van der Waals surface area contributed by atoms with E-state index in [2.05, 4.69) is 30.0 Å². The summed E-state index contributed by atoms with van der Waals surface area (Å²) in [4.78, 5) is 2.50.